The SMILES string of the molecule is CCc1ccccc1NC(=O)CN1CCN(C(=O)/C=C/c2cc(Cl)c(OC)c(OC)c2)CC1. The van der Waals surface area contributed by atoms with Gasteiger partial charge in [0.15, 0.2) is 11.5 Å². The Morgan fingerprint density at radius 1 is 1.09 bits per heavy atom. The normalized spacial score (nSPS) is 14.4. The van der Waals surface area contributed by atoms with Gasteiger partial charge in [-0.1, -0.05) is 36.7 Å². The molecule has 1 heterocycles. The van der Waals surface area contributed by atoms with E-state index in [1.807, 2.05) is 24.3 Å². The van der Waals surface area contributed by atoms with Crippen LogP contribution in [0.4, 0.5) is 5.69 Å². The fourth-order valence-electron chi connectivity index (χ4n) is 3.78. The maximum atomic E-state index is 12.6. The van der Waals surface area contributed by atoms with Crippen molar-refractivity contribution in [2.75, 3.05) is 52.3 Å². The second-order valence-electron chi connectivity index (χ2n) is 7.73. The third kappa shape index (κ3) is 6.49. The Labute approximate surface area is 199 Å². The first-order valence-electron chi connectivity index (χ1n) is 10.9. The minimum atomic E-state index is -0.0816. The van der Waals surface area contributed by atoms with Crippen LogP contribution in [0, 0.1) is 0 Å². The van der Waals surface area contributed by atoms with Crippen LogP contribution in [0.2, 0.25) is 5.02 Å². The van der Waals surface area contributed by atoms with Crippen LogP contribution in [0.1, 0.15) is 18.1 Å². The molecule has 0 radical (unpaired) electrons. The molecule has 2 aromatic carbocycles. The highest BCUT2D eigenvalue weighted by Gasteiger charge is 2.21. The number of amides is 2. The van der Waals surface area contributed by atoms with Crippen molar-refractivity contribution in [3.8, 4) is 11.5 Å². The number of hydrogen-bond acceptors (Lipinski definition) is 5. The molecule has 0 aromatic heterocycles. The van der Waals surface area contributed by atoms with Gasteiger partial charge in [-0.15, -0.1) is 0 Å². The lowest BCUT2D eigenvalue weighted by Gasteiger charge is -2.33. The molecule has 2 aromatic rings. The molecule has 0 saturated carbocycles. The van der Waals surface area contributed by atoms with Crippen molar-refractivity contribution < 1.29 is 19.1 Å². The molecule has 1 N–H and O–H groups in total. The number of rotatable bonds is 8. The highest BCUT2D eigenvalue weighted by Crippen LogP contribution is 2.36. The molecule has 0 atom stereocenters. The van der Waals surface area contributed by atoms with Crippen LogP contribution in [-0.2, 0) is 16.0 Å². The van der Waals surface area contributed by atoms with Gasteiger partial charge in [0, 0.05) is 37.9 Å². The molecule has 1 aliphatic rings. The average Bonchev–Trinajstić information content (AvgIpc) is 2.82. The highest BCUT2D eigenvalue weighted by molar-refractivity contribution is 6.32. The standard InChI is InChI=1S/C25H30ClN3O4/c1-4-19-7-5-6-8-21(19)27-23(30)17-28-11-13-29(14-12-28)24(31)10-9-18-15-20(26)25(33-3)22(16-18)32-2/h5-10,15-16H,4,11-14,17H2,1-3H3,(H,27,30)/b10-9+. The number of carbonyl (C=O) groups is 2. The molecule has 0 bridgehead atoms. The van der Waals surface area contributed by atoms with Gasteiger partial charge in [-0.3, -0.25) is 14.5 Å². The van der Waals surface area contributed by atoms with E-state index in [1.54, 1.807) is 23.1 Å². The Kier molecular flexibility index (Phi) is 8.74. The van der Waals surface area contributed by atoms with Crippen LogP contribution < -0.4 is 14.8 Å². The third-order valence-electron chi connectivity index (χ3n) is 5.60. The number of carbonyl (C=O) groups excluding carboxylic acids is 2. The summed E-state index contributed by atoms with van der Waals surface area (Å²) in [5, 5.41) is 3.42. The zero-order valence-corrected chi connectivity index (χ0v) is 20.0. The summed E-state index contributed by atoms with van der Waals surface area (Å²) in [5.74, 6) is 0.842. The van der Waals surface area contributed by atoms with Crippen molar-refractivity contribution in [3.63, 3.8) is 0 Å². The quantitative estimate of drug-likeness (QED) is 0.594. The predicted octanol–water partition coefficient (Wildman–Crippen LogP) is 3.72. The van der Waals surface area contributed by atoms with Crippen molar-refractivity contribution >= 4 is 35.2 Å². The molecule has 33 heavy (non-hydrogen) atoms. The van der Waals surface area contributed by atoms with Crippen molar-refractivity contribution in [1.82, 2.24) is 9.80 Å². The van der Waals surface area contributed by atoms with E-state index in [9.17, 15) is 9.59 Å². The number of benzene rings is 2. The first-order chi connectivity index (χ1) is 15.9. The second-order valence-corrected chi connectivity index (χ2v) is 8.14. The fourth-order valence-corrected chi connectivity index (χ4v) is 4.07. The molecular weight excluding hydrogens is 442 g/mol. The van der Waals surface area contributed by atoms with E-state index in [4.69, 9.17) is 21.1 Å². The Morgan fingerprint density at radius 3 is 2.48 bits per heavy atom. The lowest BCUT2D eigenvalue weighted by molar-refractivity contribution is -0.127. The molecule has 2 amide bonds. The molecule has 7 nitrogen and oxygen atoms in total. The second kappa shape index (κ2) is 11.7. The monoisotopic (exact) mass is 471 g/mol. The van der Waals surface area contributed by atoms with Crippen LogP contribution >= 0.6 is 11.6 Å². The summed E-state index contributed by atoms with van der Waals surface area (Å²) in [6.45, 7) is 4.79. The van der Waals surface area contributed by atoms with Crippen molar-refractivity contribution in [1.29, 1.82) is 0 Å². The molecule has 0 spiro atoms. The van der Waals surface area contributed by atoms with E-state index in [0.717, 1.165) is 23.2 Å². The maximum Gasteiger partial charge on any atom is 0.246 e. The van der Waals surface area contributed by atoms with Gasteiger partial charge in [0.25, 0.3) is 0 Å². The zero-order valence-electron chi connectivity index (χ0n) is 19.3. The van der Waals surface area contributed by atoms with Gasteiger partial charge in [0.05, 0.1) is 25.8 Å². The lowest BCUT2D eigenvalue weighted by Crippen LogP contribution is -2.50. The Balaban J connectivity index is 1.51. The number of aryl methyl sites for hydroxylation is 1. The number of nitrogens with zero attached hydrogens (tertiary/aromatic N) is 2. The zero-order chi connectivity index (χ0) is 23.8. The van der Waals surface area contributed by atoms with E-state index in [-0.39, 0.29) is 11.8 Å². The highest BCUT2D eigenvalue weighted by atomic mass is 35.5. The summed E-state index contributed by atoms with van der Waals surface area (Å²) in [7, 11) is 3.06. The van der Waals surface area contributed by atoms with E-state index >= 15 is 0 Å². The topological polar surface area (TPSA) is 71.1 Å². The first-order valence-corrected chi connectivity index (χ1v) is 11.3. The summed E-state index contributed by atoms with van der Waals surface area (Å²) in [6.07, 6.45) is 4.10. The van der Waals surface area contributed by atoms with Crippen molar-refractivity contribution in [2.24, 2.45) is 0 Å². The number of halogens is 1. The van der Waals surface area contributed by atoms with Gasteiger partial charge in [-0.05, 0) is 41.8 Å². The summed E-state index contributed by atoms with van der Waals surface area (Å²) in [5.41, 5.74) is 2.72. The Hall–Kier alpha value is -3.03. The summed E-state index contributed by atoms with van der Waals surface area (Å²) in [6, 6.07) is 11.3. The molecule has 8 heteroatoms. The number of ether oxygens (including phenoxy) is 2. The van der Waals surface area contributed by atoms with Gasteiger partial charge < -0.3 is 19.7 Å². The fraction of sp³-hybridized carbons (Fsp3) is 0.360. The average molecular weight is 472 g/mol. The number of piperazine rings is 1. The number of anilines is 1. The summed E-state index contributed by atoms with van der Waals surface area (Å²) >= 11 is 6.23. The van der Waals surface area contributed by atoms with Gasteiger partial charge in [0.2, 0.25) is 11.8 Å². The molecule has 176 valence electrons. The summed E-state index contributed by atoms with van der Waals surface area (Å²) in [4.78, 5) is 28.9. The third-order valence-corrected chi connectivity index (χ3v) is 5.88. The van der Waals surface area contributed by atoms with Gasteiger partial charge in [-0.2, -0.15) is 0 Å². The van der Waals surface area contributed by atoms with Crippen LogP contribution in [0.15, 0.2) is 42.5 Å². The molecule has 3 rings (SSSR count). The maximum absolute atomic E-state index is 12.6. The smallest absolute Gasteiger partial charge is 0.246 e. The minimum absolute atomic E-state index is 0.0408. The van der Waals surface area contributed by atoms with Crippen LogP contribution in [0.5, 0.6) is 11.5 Å². The van der Waals surface area contributed by atoms with Crippen LogP contribution in [0.3, 0.4) is 0 Å². The van der Waals surface area contributed by atoms with Gasteiger partial charge >= 0.3 is 0 Å². The van der Waals surface area contributed by atoms with E-state index in [0.29, 0.717) is 49.2 Å². The molecule has 0 aliphatic carbocycles. The largest absolute Gasteiger partial charge is 0.493 e. The number of nitrogens with one attached hydrogen (secondary N) is 1. The van der Waals surface area contributed by atoms with E-state index in [1.165, 1.54) is 20.3 Å². The summed E-state index contributed by atoms with van der Waals surface area (Å²) < 4.78 is 10.5. The van der Waals surface area contributed by atoms with Gasteiger partial charge in [0.1, 0.15) is 0 Å². The Bertz CT molecular complexity index is 1020. The van der Waals surface area contributed by atoms with Gasteiger partial charge in [-0.25, -0.2) is 0 Å². The Morgan fingerprint density at radius 2 is 1.82 bits per heavy atom. The molecular formula is C25H30ClN3O4. The molecule has 1 saturated heterocycles. The predicted molar refractivity (Wildman–Crippen MR) is 131 cm³/mol. The lowest BCUT2D eigenvalue weighted by atomic mass is 10.1. The van der Waals surface area contributed by atoms with Crippen molar-refractivity contribution in [3.05, 3.63) is 58.6 Å². The number of para-hydroxylation sites is 1. The number of hydrogen-bond donors (Lipinski definition) is 1. The van der Waals surface area contributed by atoms with Crippen molar-refractivity contribution in [2.45, 2.75) is 13.3 Å². The number of methoxy groups -OCH3 is 2. The van der Waals surface area contributed by atoms with Crippen LogP contribution in [-0.4, -0.2) is 68.6 Å². The van der Waals surface area contributed by atoms with E-state index < -0.39 is 0 Å². The van der Waals surface area contributed by atoms with E-state index in [2.05, 4.69) is 17.1 Å². The minimum Gasteiger partial charge on any atom is -0.493 e. The molecule has 1 aliphatic heterocycles. The molecule has 1 fully saturated rings. The van der Waals surface area contributed by atoms with Crippen LogP contribution in [0.25, 0.3) is 6.08 Å². The first kappa shape index (κ1) is 24.6. The molecule has 0 unspecified atom stereocenters.